The molecule has 1 amide bonds. The lowest BCUT2D eigenvalue weighted by Gasteiger charge is -2.21. The van der Waals surface area contributed by atoms with Crippen LogP contribution in [-0.2, 0) is 11.2 Å². The molecule has 0 bridgehead atoms. The van der Waals surface area contributed by atoms with Crippen molar-refractivity contribution in [2.24, 2.45) is 11.7 Å². The molecule has 0 spiro atoms. The van der Waals surface area contributed by atoms with Gasteiger partial charge in [0.05, 0.1) is 6.42 Å². The number of rotatable bonds is 7. The van der Waals surface area contributed by atoms with Gasteiger partial charge in [0.2, 0.25) is 5.91 Å². The van der Waals surface area contributed by atoms with Crippen LogP contribution in [-0.4, -0.2) is 45.4 Å². The number of H-pyrrole nitrogens is 1. The molecule has 2 heterocycles. The molecule has 0 fully saturated rings. The van der Waals surface area contributed by atoms with Crippen LogP contribution in [0.5, 0.6) is 0 Å². The van der Waals surface area contributed by atoms with Gasteiger partial charge in [0, 0.05) is 48.8 Å². The molecule has 2 aromatic rings. The highest BCUT2D eigenvalue weighted by molar-refractivity contribution is 5.85. The smallest absolute Gasteiger partial charge is 0.255 e. The minimum atomic E-state index is -0.294. The summed E-state index contributed by atoms with van der Waals surface area (Å²) in [6.45, 7) is 6.43. The van der Waals surface area contributed by atoms with E-state index in [0.29, 0.717) is 29.5 Å². The SMILES string of the molecule is Cc1nc(-c2cccnc2)[nH]c(=O)c1CC(=O)N(C)CCC(N)C(C)C.Cl.Cl. The summed E-state index contributed by atoms with van der Waals surface area (Å²) in [5, 5.41) is 0. The van der Waals surface area contributed by atoms with E-state index in [1.807, 2.05) is 6.07 Å². The van der Waals surface area contributed by atoms with Crippen LogP contribution in [0.2, 0.25) is 0 Å². The van der Waals surface area contributed by atoms with Crippen LogP contribution in [0.1, 0.15) is 31.5 Å². The van der Waals surface area contributed by atoms with Crippen LogP contribution < -0.4 is 11.3 Å². The third kappa shape index (κ3) is 6.89. The van der Waals surface area contributed by atoms with Gasteiger partial charge in [-0.3, -0.25) is 14.6 Å². The van der Waals surface area contributed by atoms with Crippen LogP contribution in [0, 0.1) is 12.8 Å². The Labute approximate surface area is 178 Å². The second-order valence-corrected chi connectivity index (χ2v) is 6.91. The summed E-state index contributed by atoms with van der Waals surface area (Å²) in [4.78, 5) is 37.7. The van der Waals surface area contributed by atoms with E-state index in [0.717, 1.165) is 12.0 Å². The number of nitrogens with one attached hydrogen (secondary N) is 1. The van der Waals surface area contributed by atoms with Gasteiger partial charge in [-0.15, -0.1) is 24.8 Å². The molecular weight excluding hydrogens is 401 g/mol. The highest BCUT2D eigenvalue weighted by Crippen LogP contribution is 2.13. The Balaban J connectivity index is 0.00000364. The highest BCUT2D eigenvalue weighted by atomic mass is 35.5. The van der Waals surface area contributed by atoms with Gasteiger partial charge in [-0.05, 0) is 31.4 Å². The highest BCUT2D eigenvalue weighted by Gasteiger charge is 2.17. The topological polar surface area (TPSA) is 105 Å². The predicted molar refractivity (Wildman–Crippen MR) is 116 cm³/mol. The maximum absolute atomic E-state index is 12.4. The lowest BCUT2D eigenvalue weighted by atomic mass is 10.0. The van der Waals surface area contributed by atoms with Crippen molar-refractivity contribution in [2.45, 2.75) is 39.7 Å². The van der Waals surface area contributed by atoms with Crippen LogP contribution in [0.4, 0.5) is 0 Å². The standard InChI is InChI=1S/C19H27N5O2.2ClH/c1-12(2)16(20)7-9-24(4)17(25)10-15-13(3)22-18(23-19(15)26)14-6-5-8-21-11-14;;/h5-6,8,11-12,16H,7,9-10,20H2,1-4H3,(H,22,23,26);2*1H. The zero-order valence-electron chi connectivity index (χ0n) is 16.6. The van der Waals surface area contributed by atoms with Gasteiger partial charge >= 0.3 is 0 Å². The maximum Gasteiger partial charge on any atom is 0.255 e. The Kier molecular flexibility index (Phi) is 11.0. The lowest BCUT2D eigenvalue weighted by molar-refractivity contribution is -0.129. The van der Waals surface area contributed by atoms with Crippen molar-refractivity contribution in [3.8, 4) is 11.4 Å². The summed E-state index contributed by atoms with van der Waals surface area (Å²) in [5.74, 6) is 0.700. The number of hydrogen-bond acceptors (Lipinski definition) is 5. The van der Waals surface area contributed by atoms with Gasteiger partial charge < -0.3 is 15.6 Å². The molecule has 1 unspecified atom stereocenters. The molecular formula is C19H29Cl2N5O2. The number of pyridine rings is 1. The van der Waals surface area contributed by atoms with E-state index in [1.165, 1.54) is 0 Å². The summed E-state index contributed by atoms with van der Waals surface area (Å²) >= 11 is 0. The zero-order valence-corrected chi connectivity index (χ0v) is 18.3. The molecule has 0 saturated heterocycles. The molecule has 1 atom stereocenters. The van der Waals surface area contributed by atoms with Crippen LogP contribution in [0.3, 0.4) is 0 Å². The number of aryl methyl sites for hydroxylation is 1. The fourth-order valence-corrected chi connectivity index (χ4v) is 2.55. The average Bonchev–Trinajstić information content (AvgIpc) is 2.62. The summed E-state index contributed by atoms with van der Waals surface area (Å²) in [5.41, 5.74) is 7.40. The monoisotopic (exact) mass is 429 g/mol. The summed E-state index contributed by atoms with van der Waals surface area (Å²) < 4.78 is 0. The number of halogens is 2. The molecule has 9 heteroatoms. The first-order chi connectivity index (χ1) is 12.3. The first-order valence-electron chi connectivity index (χ1n) is 8.79. The maximum atomic E-state index is 12.4. The fourth-order valence-electron chi connectivity index (χ4n) is 2.55. The third-order valence-electron chi connectivity index (χ3n) is 4.57. The van der Waals surface area contributed by atoms with E-state index in [1.54, 1.807) is 37.3 Å². The van der Waals surface area contributed by atoms with Crippen molar-refractivity contribution in [2.75, 3.05) is 13.6 Å². The normalized spacial score (nSPS) is 11.4. The number of nitrogens with two attached hydrogens (primary N) is 1. The Morgan fingerprint density at radius 2 is 2.00 bits per heavy atom. The fraction of sp³-hybridized carbons (Fsp3) is 0.474. The number of hydrogen-bond donors (Lipinski definition) is 2. The second kappa shape index (κ2) is 11.8. The largest absolute Gasteiger partial charge is 0.345 e. The minimum Gasteiger partial charge on any atom is -0.345 e. The van der Waals surface area contributed by atoms with E-state index in [2.05, 4.69) is 28.8 Å². The average molecular weight is 430 g/mol. The summed E-state index contributed by atoms with van der Waals surface area (Å²) in [6, 6.07) is 3.65. The molecule has 7 nitrogen and oxygen atoms in total. The Morgan fingerprint density at radius 1 is 1.32 bits per heavy atom. The van der Waals surface area contributed by atoms with Gasteiger partial charge in [-0.2, -0.15) is 0 Å². The molecule has 0 aromatic carbocycles. The number of aromatic nitrogens is 3. The van der Waals surface area contributed by atoms with Gasteiger partial charge in [0.1, 0.15) is 5.82 Å². The quantitative estimate of drug-likeness (QED) is 0.702. The molecule has 0 saturated carbocycles. The van der Waals surface area contributed by atoms with Gasteiger partial charge in [-0.1, -0.05) is 13.8 Å². The number of nitrogens with zero attached hydrogens (tertiary/aromatic N) is 3. The van der Waals surface area contributed by atoms with Crippen LogP contribution in [0.15, 0.2) is 29.3 Å². The van der Waals surface area contributed by atoms with E-state index in [-0.39, 0.29) is 48.7 Å². The summed E-state index contributed by atoms with van der Waals surface area (Å²) in [6.07, 6.45) is 4.04. The zero-order chi connectivity index (χ0) is 19.3. The summed E-state index contributed by atoms with van der Waals surface area (Å²) in [7, 11) is 1.73. The van der Waals surface area contributed by atoms with Gasteiger partial charge in [0.25, 0.3) is 5.56 Å². The van der Waals surface area contributed by atoms with E-state index >= 15 is 0 Å². The van der Waals surface area contributed by atoms with Crippen molar-refractivity contribution in [1.82, 2.24) is 19.9 Å². The van der Waals surface area contributed by atoms with Crippen molar-refractivity contribution in [3.63, 3.8) is 0 Å². The van der Waals surface area contributed by atoms with E-state index in [9.17, 15) is 9.59 Å². The van der Waals surface area contributed by atoms with Crippen molar-refractivity contribution in [3.05, 3.63) is 46.1 Å². The molecule has 0 radical (unpaired) electrons. The van der Waals surface area contributed by atoms with Crippen molar-refractivity contribution in [1.29, 1.82) is 0 Å². The minimum absolute atomic E-state index is 0. The molecule has 0 aliphatic heterocycles. The number of carbonyl (C=O) groups is 1. The van der Waals surface area contributed by atoms with Gasteiger partial charge in [0.15, 0.2) is 0 Å². The van der Waals surface area contributed by atoms with Crippen LogP contribution in [0.25, 0.3) is 11.4 Å². The predicted octanol–water partition coefficient (Wildman–Crippen LogP) is 2.36. The Hall–Kier alpha value is -1.96. The van der Waals surface area contributed by atoms with Crippen molar-refractivity contribution < 1.29 is 4.79 Å². The molecule has 0 aliphatic rings. The molecule has 3 N–H and O–H groups in total. The molecule has 28 heavy (non-hydrogen) atoms. The third-order valence-corrected chi connectivity index (χ3v) is 4.57. The number of aromatic amines is 1. The molecule has 2 aromatic heterocycles. The molecule has 0 aliphatic carbocycles. The first kappa shape index (κ1) is 26.0. The van der Waals surface area contributed by atoms with E-state index < -0.39 is 0 Å². The second-order valence-electron chi connectivity index (χ2n) is 6.91. The first-order valence-corrected chi connectivity index (χ1v) is 8.79. The number of amides is 1. The lowest BCUT2D eigenvalue weighted by Crippen LogP contribution is -2.36. The van der Waals surface area contributed by atoms with Crippen molar-refractivity contribution >= 4 is 30.7 Å². The number of carbonyl (C=O) groups excluding carboxylic acids is 1. The Bertz CT molecular complexity index is 812. The molecule has 2 rings (SSSR count). The number of likely N-dealkylation sites (N-methyl/N-ethyl adjacent to an activating group) is 1. The molecule has 156 valence electrons. The van der Waals surface area contributed by atoms with E-state index in [4.69, 9.17) is 5.73 Å². The Morgan fingerprint density at radius 3 is 2.54 bits per heavy atom. The van der Waals surface area contributed by atoms with Gasteiger partial charge in [-0.25, -0.2) is 4.98 Å². The van der Waals surface area contributed by atoms with Crippen LogP contribution >= 0.6 is 24.8 Å².